The van der Waals surface area contributed by atoms with Crippen LogP contribution in [0.4, 0.5) is 26.3 Å². The molecule has 0 aliphatic rings. The quantitative estimate of drug-likeness (QED) is 0.830. The highest BCUT2D eigenvalue weighted by Gasteiger charge is 2.38. The molecule has 0 aliphatic heterocycles. The second-order valence-electron chi connectivity index (χ2n) is 3.75. The lowest BCUT2D eigenvalue weighted by Crippen LogP contribution is -2.22. The van der Waals surface area contributed by atoms with Gasteiger partial charge >= 0.3 is 18.5 Å². The summed E-state index contributed by atoms with van der Waals surface area (Å²) in [5, 5.41) is 8.55. The van der Waals surface area contributed by atoms with E-state index >= 15 is 0 Å². The Hall–Kier alpha value is -2.04. The third kappa shape index (κ3) is 4.77. The molecule has 0 amide bonds. The van der Waals surface area contributed by atoms with Crippen molar-refractivity contribution in [2.45, 2.75) is 25.5 Å². The van der Waals surface area contributed by atoms with E-state index in [9.17, 15) is 31.1 Å². The number of rotatable bonds is 4. The predicted octanol–water partition coefficient (Wildman–Crippen LogP) is 2.08. The molecular formula is C10H8F6N2O3. The van der Waals surface area contributed by atoms with Gasteiger partial charge in [-0.2, -0.15) is 13.2 Å². The van der Waals surface area contributed by atoms with Crippen molar-refractivity contribution in [3.05, 3.63) is 23.0 Å². The lowest BCUT2D eigenvalue weighted by atomic mass is 10.1. The summed E-state index contributed by atoms with van der Waals surface area (Å²) in [6, 6.07) is 0.0426. The summed E-state index contributed by atoms with van der Waals surface area (Å²) in [7, 11) is 0. The number of halogens is 6. The predicted molar refractivity (Wildman–Crippen MR) is 55.2 cm³/mol. The van der Waals surface area contributed by atoms with Crippen LogP contribution >= 0.6 is 0 Å². The zero-order valence-electron chi connectivity index (χ0n) is 10.0. The normalized spacial score (nSPS) is 12.3. The Kier molecular flexibility index (Phi) is 4.66. The van der Waals surface area contributed by atoms with Crippen LogP contribution in [-0.2, 0) is 23.9 Å². The maximum Gasteiger partial charge on any atom is 0.573 e. The lowest BCUT2D eigenvalue weighted by Gasteiger charge is -2.17. The highest BCUT2D eigenvalue weighted by atomic mass is 19.4. The van der Waals surface area contributed by atoms with Crippen LogP contribution in [-0.4, -0.2) is 22.4 Å². The van der Waals surface area contributed by atoms with E-state index in [1.807, 2.05) is 0 Å². The molecule has 0 aliphatic carbocycles. The minimum atomic E-state index is -5.29. The Labute approximate surface area is 113 Å². The number of hydrogen-bond donors (Lipinski definition) is 2. The average molecular weight is 318 g/mol. The number of aromatic nitrogens is 1. The molecular weight excluding hydrogens is 310 g/mol. The van der Waals surface area contributed by atoms with Crippen LogP contribution in [0.25, 0.3) is 0 Å². The van der Waals surface area contributed by atoms with Gasteiger partial charge in [-0.25, -0.2) is 0 Å². The summed E-state index contributed by atoms with van der Waals surface area (Å²) in [5.74, 6) is -2.91. The van der Waals surface area contributed by atoms with Gasteiger partial charge in [0.2, 0.25) is 0 Å². The highest BCUT2D eigenvalue weighted by Crippen LogP contribution is 2.36. The maximum absolute atomic E-state index is 12.7. The van der Waals surface area contributed by atoms with Crippen LogP contribution in [0.5, 0.6) is 5.75 Å². The van der Waals surface area contributed by atoms with Crippen molar-refractivity contribution in [2.24, 2.45) is 5.73 Å². The van der Waals surface area contributed by atoms with Gasteiger partial charge in [0.1, 0.15) is 0 Å². The molecule has 118 valence electrons. The minimum Gasteiger partial charge on any atom is -0.481 e. The van der Waals surface area contributed by atoms with Crippen molar-refractivity contribution in [3.63, 3.8) is 0 Å². The zero-order chi connectivity index (χ0) is 16.4. The Balaban J connectivity index is 3.45. The number of aliphatic carboxylic acids is 1. The van der Waals surface area contributed by atoms with Crippen molar-refractivity contribution in [2.75, 3.05) is 0 Å². The molecule has 0 saturated heterocycles. The smallest absolute Gasteiger partial charge is 0.481 e. The summed E-state index contributed by atoms with van der Waals surface area (Å²) in [4.78, 5) is 13.8. The lowest BCUT2D eigenvalue weighted by molar-refractivity contribution is -0.275. The zero-order valence-corrected chi connectivity index (χ0v) is 10.0. The van der Waals surface area contributed by atoms with Crippen molar-refractivity contribution in [3.8, 4) is 5.75 Å². The van der Waals surface area contributed by atoms with E-state index in [0.29, 0.717) is 0 Å². The number of pyridine rings is 1. The molecule has 3 N–H and O–H groups in total. The summed E-state index contributed by atoms with van der Waals surface area (Å²) < 4.78 is 78.0. The third-order valence-corrected chi connectivity index (χ3v) is 2.18. The molecule has 0 aromatic carbocycles. The van der Waals surface area contributed by atoms with Gasteiger partial charge < -0.3 is 15.6 Å². The number of alkyl halides is 6. The summed E-state index contributed by atoms with van der Waals surface area (Å²) in [5.41, 5.74) is 1.97. The molecule has 0 bridgehead atoms. The number of nitrogens with zero attached hydrogens (tertiary/aromatic N) is 1. The molecule has 0 saturated carbocycles. The second kappa shape index (κ2) is 5.76. The molecule has 1 heterocycles. The van der Waals surface area contributed by atoms with E-state index in [2.05, 4.69) is 9.72 Å². The van der Waals surface area contributed by atoms with E-state index in [-0.39, 0.29) is 6.07 Å². The van der Waals surface area contributed by atoms with Gasteiger partial charge in [0.05, 0.1) is 23.4 Å². The van der Waals surface area contributed by atoms with Crippen LogP contribution in [0.15, 0.2) is 6.07 Å². The van der Waals surface area contributed by atoms with Crippen LogP contribution < -0.4 is 10.5 Å². The van der Waals surface area contributed by atoms with Crippen molar-refractivity contribution >= 4 is 5.97 Å². The molecule has 0 fully saturated rings. The number of nitrogens with two attached hydrogens (primary N) is 1. The van der Waals surface area contributed by atoms with Crippen molar-refractivity contribution < 1.29 is 41.0 Å². The molecule has 1 aromatic heterocycles. The molecule has 0 spiro atoms. The SMILES string of the molecule is NCc1nc(CC(=O)O)c(OC(F)(F)F)cc1C(F)(F)F. The average Bonchev–Trinajstić information content (AvgIpc) is 2.26. The number of carboxylic acids is 1. The topological polar surface area (TPSA) is 85.4 Å². The Morgan fingerprint density at radius 2 is 1.81 bits per heavy atom. The van der Waals surface area contributed by atoms with Crippen molar-refractivity contribution in [1.82, 2.24) is 4.98 Å². The maximum atomic E-state index is 12.7. The van der Waals surface area contributed by atoms with Gasteiger partial charge in [-0.3, -0.25) is 9.78 Å². The largest absolute Gasteiger partial charge is 0.573 e. The fraction of sp³-hybridized carbons (Fsp3) is 0.400. The van der Waals surface area contributed by atoms with Gasteiger partial charge in [-0.1, -0.05) is 0 Å². The summed E-state index contributed by atoms with van der Waals surface area (Å²) in [6.45, 7) is -0.728. The molecule has 0 unspecified atom stereocenters. The van der Waals surface area contributed by atoms with Crippen LogP contribution in [0.3, 0.4) is 0 Å². The number of ether oxygens (including phenoxy) is 1. The molecule has 21 heavy (non-hydrogen) atoms. The van der Waals surface area contributed by atoms with E-state index in [1.165, 1.54) is 0 Å². The van der Waals surface area contributed by atoms with Gasteiger partial charge in [-0.15, -0.1) is 13.2 Å². The van der Waals surface area contributed by atoms with E-state index in [1.54, 1.807) is 0 Å². The number of carbonyl (C=O) groups is 1. The first-order chi connectivity index (χ1) is 9.44. The fourth-order valence-corrected chi connectivity index (χ4v) is 1.46. The van der Waals surface area contributed by atoms with E-state index in [4.69, 9.17) is 10.8 Å². The first kappa shape index (κ1) is 17.0. The van der Waals surface area contributed by atoms with Crippen LogP contribution in [0.1, 0.15) is 17.0 Å². The molecule has 0 atom stereocenters. The Morgan fingerprint density at radius 1 is 1.24 bits per heavy atom. The standard InChI is InChI=1S/C10H8F6N2O3/c11-9(12,13)4-1-7(21-10(14,15)16)5(2-8(19)20)18-6(4)3-17/h1H,2-3,17H2,(H,19,20). The van der Waals surface area contributed by atoms with Crippen LogP contribution in [0.2, 0.25) is 0 Å². The Bertz CT molecular complexity index is 541. The monoisotopic (exact) mass is 318 g/mol. The van der Waals surface area contributed by atoms with Crippen LogP contribution in [0, 0.1) is 0 Å². The molecule has 1 aromatic rings. The fourth-order valence-electron chi connectivity index (χ4n) is 1.46. The summed E-state index contributed by atoms with van der Waals surface area (Å²) >= 11 is 0. The molecule has 0 radical (unpaired) electrons. The first-order valence-corrected chi connectivity index (χ1v) is 5.21. The highest BCUT2D eigenvalue weighted by molar-refractivity contribution is 5.70. The van der Waals surface area contributed by atoms with Gasteiger partial charge in [0.25, 0.3) is 0 Å². The van der Waals surface area contributed by atoms with Gasteiger partial charge in [-0.05, 0) is 6.07 Å². The van der Waals surface area contributed by atoms with E-state index < -0.39 is 54.2 Å². The number of hydrogen-bond acceptors (Lipinski definition) is 4. The van der Waals surface area contributed by atoms with E-state index in [0.717, 1.165) is 0 Å². The summed E-state index contributed by atoms with van der Waals surface area (Å²) in [6.07, 6.45) is -11.3. The third-order valence-electron chi connectivity index (χ3n) is 2.18. The second-order valence-corrected chi connectivity index (χ2v) is 3.75. The molecule has 11 heteroatoms. The molecule has 1 rings (SSSR count). The molecule has 5 nitrogen and oxygen atoms in total. The first-order valence-electron chi connectivity index (χ1n) is 5.21. The minimum absolute atomic E-state index is 0.0426. The van der Waals surface area contributed by atoms with Crippen molar-refractivity contribution in [1.29, 1.82) is 0 Å². The number of carboxylic acid groups (broad SMARTS) is 1. The van der Waals surface area contributed by atoms with Gasteiger partial charge in [0.15, 0.2) is 5.75 Å². The Morgan fingerprint density at radius 3 is 2.19 bits per heavy atom. The van der Waals surface area contributed by atoms with Gasteiger partial charge in [0, 0.05) is 6.54 Å².